The summed E-state index contributed by atoms with van der Waals surface area (Å²) in [6, 6.07) is 11.9. The van der Waals surface area contributed by atoms with Crippen molar-refractivity contribution in [3.63, 3.8) is 0 Å². The van der Waals surface area contributed by atoms with Gasteiger partial charge in [-0.1, -0.05) is 42.1 Å². The lowest BCUT2D eigenvalue weighted by Crippen LogP contribution is -2.12. The maximum atomic E-state index is 12.7. The number of aromatic amines is 1. The molecule has 3 aromatic heterocycles. The van der Waals surface area contributed by atoms with Gasteiger partial charge in [-0.2, -0.15) is 13.2 Å². The van der Waals surface area contributed by atoms with Gasteiger partial charge in [0, 0.05) is 17.1 Å². The number of nitrogens with zero attached hydrogens (tertiary/aromatic N) is 2. The van der Waals surface area contributed by atoms with Crippen LogP contribution in [0.1, 0.15) is 23.6 Å². The molecular weight excluding hydrogens is 419 g/mol. The van der Waals surface area contributed by atoms with Crippen LogP contribution in [-0.4, -0.2) is 15.0 Å². The molecule has 1 aromatic carbocycles. The van der Waals surface area contributed by atoms with Crippen molar-refractivity contribution in [2.24, 2.45) is 0 Å². The van der Waals surface area contributed by atoms with E-state index >= 15 is 0 Å². The largest absolute Gasteiger partial charge is 0.417 e. The first-order valence-corrected chi connectivity index (χ1v) is 10.4. The van der Waals surface area contributed by atoms with Gasteiger partial charge >= 0.3 is 6.18 Å². The van der Waals surface area contributed by atoms with Crippen LogP contribution in [0.15, 0.2) is 63.9 Å². The summed E-state index contributed by atoms with van der Waals surface area (Å²) >= 11 is 2.61. The van der Waals surface area contributed by atoms with Gasteiger partial charge in [-0.05, 0) is 24.6 Å². The maximum absolute atomic E-state index is 12.7. The summed E-state index contributed by atoms with van der Waals surface area (Å²) in [5.41, 5.74) is 0.734. The molecule has 1 unspecified atom stereocenters. The molecule has 0 saturated heterocycles. The lowest BCUT2D eigenvalue weighted by atomic mass is 10.1. The number of rotatable bonds is 4. The molecule has 0 aliphatic rings. The summed E-state index contributed by atoms with van der Waals surface area (Å²) in [5, 5.41) is 2.57. The SMILES string of the molecule is CC(Sc1ccc(C(F)(F)F)cn1)c1nc2scc(-c3ccccc3)c2c(=O)[nH]1. The Hall–Kier alpha value is -2.65. The fourth-order valence-electron chi connectivity index (χ4n) is 2.84. The van der Waals surface area contributed by atoms with Crippen LogP contribution in [0.5, 0.6) is 0 Å². The number of nitrogens with one attached hydrogen (secondary N) is 1. The van der Waals surface area contributed by atoms with Crippen LogP contribution < -0.4 is 5.56 Å². The third kappa shape index (κ3) is 4.06. The minimum absolute atomic E-state index is 0.238. The third-order valence-electron chi connectivity index (χ3n) is 4.29. The number of alkyl halides is 3. The van der Waals surface area contributed by atoms with Crippen LogP contribution in [0.3, 0.4) is 0 Å². The molecule has 0 aliphatic heterocycles. The zero-order chi connectivity index (χ0) is 20.6. The number of H-pyrrole nitrogens is 1. The number of hydrogen-bond acceptors (Lipinski definition) is 5. The van der Waals surface area contributed by atoms with Crippen molar-refractivity contribution in [3.8, 4) is 11.1 Å². The highest BCUT2D eigenvalue weighted by atomic mass is 32.2. The van der Waals surface area contributed by atoms with Crippen molar-refractivity contribution in [1.82, 2.24) is 15.0 Å². The highest BCUT2D eigenvalue weighted by Gasteiger charge is 2.30. The van der Waals surface area contributed by atoms with E-state index in [1.54, 1.807) is 0 Å². The zero-order valence-electron chi connectivity index (χ0n) is 15.0. The minimum atomic E-state index is -4.42. The van der Waals surface area contributed by atoms with E-state index in [1.165, 1.54) is 29.2 Å². The number of thiophene rings is 1. The summed E-state index contributed by atoms with van der Waals surface area (Å²) in [6.45, 7) is 1.82. The molecule has 1 N–H and O–H groups in total. The molecule has 148 valence electrons. The van der Waals surface area contributed by atoms with E-state index in [0.717, 1.165) is 23.4 Å². The molecule has 0 radical (unpaired) electrons. The van der Waals surface area contributed by atoms with Crippen LogP contribution >= 0.6 is 23.1 Å². The Kier molecular flexibility index (Phi) is 5.18. The number of pyridine rings is 1. The molecule has 3 heterocycles. The molecule has 4 aromatic rings. The van der Waals surface area contributed by atoms with E-state index in [0.29, 0.717) is 21.1 Å². The van der Waals surface area contributed by atoms with E-state index in [9.17, 15) is 18.0 Å². The van der Waals surface area contributed by atoms with Gasteiger partial charge in [-0.15, -0.1) is 11.3 Å². The second kappa shape index (κ2) is 7.64. The van der Waals surface area contributed by atoms with Crippen LogP contribution in [0.4, 0.5) is 13.2 Å². The number of aromatic nitrogens is 3. The summed E-state index contributed by atoms with van der Waals surface area (Å²) in [5.74, 6) is 0.454. The van der Waals surface area contributed by atoms with Crippen molar-refractivity contribution in [1.29, 1.82) is 0 Å². The summed E-state index contributed by atoms with van der Waals surface area (Å²) in [6.07, 6.45) is -3.62. The molecule has 1 atom stereocenters. The minimum Gasteiger partial charge on any atom is -0.309 e. The maximum Gasteiger partial charge on any atom is 0.417 e. The molecular formula is C20H14F3N3OS2. The Morgan fingerprint density at radius 1 is 1.14 bits per heavy atom. The number of benzene rings is 1. The van der Waals surface area contributed by atoms with Crippen LogP contribution in [-0.2, 0) is 6.18 Å². The molecule has 29 heavy (non-hydrogen) atoms. The van der Waals surface area contributed by atoms with Gasteiger partial charge in [-0.3, -0.25) is 4.79 Å². The van der Waals surface area contributed by atoms with Gasteiger partial charge < -0.3 is 4.98 Å². The molecule has 0 spiro atoms. The molecule has 9 heteroatoms. The Morgan fingerprint density at radius 3 is 2.55 bits per heavy atom. The second-order valence-corrected chi connectivity index (χ2v) is 8.51. The predicted molar refractivity (Wildman–Crippen MR) is 109 cm³/mol. The molecule has 0 amide bonds. The number of halogens is 3. The molecule has 0 bridgehead atoms. The van der Waals surface area contributed by atoms with E-state index < -0.39 is 11.7 Å². The average Bonchev–Trinajstić information content (AvgIpc) is 3.13. The lowest BCUT2D eigenvalue weighted by molar-refractivity contribution is -0.137. The number of hydrogen-bond donors (Lipinski definition) is 1. The summed E-state index contributed by atoms with van der Waals surface area (Å²) in [4.78, 5) is 24.6. The Bertz CT molecular complexity index is 1200. The molecule has 0 fully saturated rings. The van der Waals surface area contributed by atoms with Crippen molar-refractivity contribution >= 4 is 33.3 Å². The summed E-state index contributed by atoms with van der Waals surface area (Å²) < 4.78 is 38.0. The number of thioether (sulfide) groups is 1. The van der Waals surface area contributed by atoms with E-state index in [2.05, 4.69) is 15.0 Å². The van der Waals surface area contributed by atoms with Crippen molar-refractivity contribution in [3.05, 3.63) is 75.8 Å². The standard InChI is InChI=1S/C20H14F3N3OS2/c1-11(29-15-8-7-13(9-24-15)20(21,22)23)17-25-18(27)16-14(10-28-19(16)26-17)12-5-3-2-4-6-12/h2-11H,1H3,(H,25,26,27). The Morgan fingerprint density at radius 2 is 1.90 bits per heavy atom. The van der Waals surface area contributed by atoms with Gasteiger partial charge in [0.05, 0.1) is 21.2 Å². The Labute approximate surface area is 171 Å². The second-order valence-electron chi connectivity index (χ2n) is 6.29. The highest BCUT2D eigenvalue weighted by molar-refractivity contribution is 7.99. The smallest absolute Gasteiger partial charge is 0.309 e. The average molecular weight is 433 g/mol. The molecule has 4 nitrogen and oxygen atoms in total. The highest BCUT2D eigenvalue weighted by Crippen LogP contribution is 2.36. The fourth-order valence-corrected chi connectivity index (χ4v) is 4.64. The lowest BCUT2D eigenvalue weighted by Gasteiger charge is -2.11. The van der Waals surface area contributed by atoms with Gasteiger partial charge in [0.25, 0.3) is 5.56 Å². The topological polar surface area (TPSA) is 58.6 Å². The molecule has 0 aliphatic carbocycles. The van der Waals surface area contributed by atoms with Crippen LogP contribution in [0, 0.1) is 0 Å². The fraction of sp³-hybridized carbons (Fsp3) is 0.150. The van der Waals surface area contributed by atoms with Gasteiger partial charge in [0.15, 0.2) is 0 Å². The molecule has 4 rings (SSSR count). The van der Waals surface area contributed by atoms with Gasteiger partial charge in [-0.25, -0.2) is 9.97 Å². The van der Waals surface area contributed by atoms with Gasteiger partial charge in [0.1, 0.15) is 10.7 Å². The van der Waals surface area contributed by atoms with E-state index in [4.69, 9.17) is 0 Å². The monoisotopic (exact) mass is 433 g/mol. The quantitative estimate of drug-likeness (QED) is 0.406. The van der Waals surface area contributed by atoms with Crippen LogP contribution in [0.2, 0.25) is 0 Å². The molecule has 0 saturated carbocycles. The van der Waals surface area contributed by atoms with Crippen molar-refractivity contribution in [2.45, 2.75) is 23.4 Å². The van der Waals surface area contributed by atoms with Crippen molar-refractivity contribution < 1.29 is 13.2 Å². The number of fused-ring (bicyclic) bond motifs is 1. The zero-order valence-corrected chi connectivity index (χ0v) is 16.7. The Balaban J connectivity index is 1.62. The normalized spacial score (nSPS) is 13.0. The van der Waals surface area contributed by atoms with Crippen molar-refractivity contribution in [2.75, 3.05) is 0 Å². The van der Waals surface area contributed by atoms with E-state index in [1.807, 2.05) is 42.6 Å². The predicted octanol–water partition coefficient (Wildman–Crippen LogP) is 5.92. The van der Waals surface area contributed by atoms with Gasteiger partial charge in [0.2, 0.25) is 0 Å². The summed E-state index contributed by atoms with van der Waals surface area (Å²) in [7, 11) is 0. The first-order chi connectivity index (χ1) is 13.8. The van der Waals surface area contributed by atoms with E-state index in [-0.39, 0.29) is 10.8 Å². The first kappa shape index (κ1) is 19.7. The first-order valence-electron chi connectivity index (χ1n) is 8.59. The third-order valence-corrected chi connectivity index (χ3v) is 6.23. The van der Waals surface area contributed by atoms with Crippen LogP contribution in [0.25, 0.3) is 21.3 Å².